The third-order valence-corrected chi connectivity index (χ3v) is 6.11. The summed E-state index contributed by atoms with van der Waals surface area (Å²) in [7, 11) is 2.12. The van der Waals surface area contributed by atoms with E-state index >= 15 is 0 Å². The summed E-state index contributed by atoms with van der Waals surface area (Å²) in [6.07, 6.45) is 7.91. The van der Waals surface area contributed by atoms with Gasteiger partial charge in [0.2, 0.25) is 0 Å². The zero-order chi connectivity index (χ0) is 10.5. The number of hydrogen-bond donors (Lipinski definition) is 1. The van der Waals surface area contributed by atoms with Crippen LogP contribution in [0.15, 0.2) is 11.6 Å². The molecular formula is C12H21NS2. The van der Waals surface area contributed by atoms with Gasteiger partial charge in [-0.15, -0.1) is 0 Å². The highest BCUT2D eigenvalue weighted by atomic mass is 32.2. The third kappa shape index (κ3) is 3.18. The van der Waals surface area contributed by atoms with Crippen LogP contribution in [-0.4, -0.2) is 35.6 Å². The first kappa shape index (κ1) is 11.9. The van der Waals surface area contributed by atoms with Crippen molar-refractivity contribution in [1.29, 1.82) is 0 Å². The maximum atomic E-state index is 3.54. The first-order valence-corrected chi connectivity index (χ1v) is 8.17. The van der Waals surface area contributed by atoms with Crippen molar-refractivity contribution in [3.8, 4) is 0 Å². The quantitative estimate of drug-likeness (QED) is 0.766. The van der Waals surface area contributed by atoms with E-state index in [0.717, 1.165) is 5.25 Å². The molecule has 0 aromatic carbocycles. The molecular weight excluding hydrogens is 222 g/mol. The molecule has 0 radical (unpaired) electrons. The fourth-order valence-electron chi connectivity index (χ4n) is 2.45. The molecule has 0 aromatic rings. The molecule has 0 bridgehead atoms. The highest BCUT2D eigenvalue weighted by Gasteiger charge is 2.26. The van der Waals surface area contributed by atoms with Gasteiger partial charge in [0.05, 0.1) is 0 Å². The molecule has 2 rings (SSSR count). The first-order valence-electron chi connectivity index (χ1n) is 5.97. The molecule has 1 nitrogen and oxygen atoms in total. The lowest BCUT2D eigenvalue weighted by Crippen LogP contribution is -2.40. The number of thioether (sulfide) groups is 2. The molecule has 1 aliphatic heterocycles. The highest BCUT2D eigenvalue weighted by molar-refractivity contribution is 8.06. The van der Waals surface area contributed by atoms with Crippen molar-refractivity contribution >= 4 is 23.5 Å². The molecule has 1 saturated heterocycles. The van der Waals surface area contributed by atoms with Crippen LogP contribution in [0.4, 0.5) is 0 Å². The minimum absolute atomic E-state index is 0.642. The number of rotatable bonds is 3. The van der Waals surface area contributed by atoms with Gasteiger partial charge in [0.15, 0.2) is 0 Å². The topological polar surface area (TPSA) is 12.0 Å². The van der Waals surface area contributed by atoms with Crippen LogP contribution in [-0.2, 0) is 0 Å². The van der Waals surface area contributed by atoms with Crippen LogP contribution in [0.1, 0.15) is 25.7 Å². The summed E-state index contributed by atoms with van der Waals surface area (Å²) in [6, 6.07) is 0.642. The summed E-state index contributed by atoms with van der Waals surface area (Å²) >= 11 is 4.29. The van der Waals surface area contributed by atoms with Crippen LogP contribution in [0, 0.1) is 0 Å². The number of nitrogens with one attached hydrogen (secondary N) is 1. The van der Waals surface area contributed by atoms with Gasteiger partial charge < -0.3 is 5.32 Å². The highest BCUT2D eigenvalue weighted by Crippen LogP contribution is 2.32. The SMILES string of the molecule is CNC(C1=CCCCC1)C1CSCCS1. The van der Waals surface area contributed by atoms with Crippen molar-refractivity contribution in [3.05, 3.63) is 11.6 Å². The van der Waals surface area contributed by atoms with Gasteiger partial charge >= 0.3 is 0 Å². The molecule has 0 aromatic heterocycles. The summed E-state index contributed by atoms with van der Waals surface area (Å²) in [4.78, 5) is 0. The van der Waals surface area contributed by atoms with Crippen LogP contribution in [0.5, 0.6) is 0 Å². The molecule has 1 aliphatic carbocycles. The third-order valence-electron chi connectivity index (χ3n) is 3.25. The minimum atomic E-state index is 0.642. The van der Waals surface area contributed by atoms with E-state index in [1.807, 2.05) is 0 Å². The van der Waals surface area contributed by atoms with Gasteiger partial charge in [-0.25, -0.2) is 0 Å². The Bertz CT molecular complexity index is 222. The molecule has 15 heavy (non-hydrogen) atoms. The van der Waals surface area contributed by atoms with E-state index in [9.17, 15) is 0 Å². The van der Waals surface area contributed by atoms with Crippen molar-refractivity contribution in [3.63, 3.8) is 0 Å². The van der Waals surface area contributed by atoms with E-state index in [2.05, 4.69) is 42.0 Å². The lowest BCUT2D eigenvalue weighted by Gasteiger charge is -2.32. The van der Waals surface area contributed by atoms with E-state index in [-0.39, 0.29) is 0 Å². The van der Waals surface area contributed by atoms with Crippen molar-refractivity contribution in [2.24, 2.45) is 0 Å². The summed E-state index contributed by atoms with van der Waals surface area (Å²) in [5.74, 6) is 4.00. The van der Waals surface area contributed by atoms with Crippen LogP contribution < -0.4 is 5.32 Å². The Morgan fingerprint density at radius 3 is 2.93 bits per heavy atom. The molecule has 1 heterocycles. The Morgan fingerprint density at radius 2 is 2.33 bits per heavy atom. The van der Waals surface area contributed by atoms with Gasteiger partial charge in [0.1, 0.15) is 0 Å². The molecule has 0 amide bonds. The normalized spacial score (nSPS) is 29.7. The lowest BCUT2D eigenvalue weighted by molar-refractivity contribution is 0.569. The van der Waals surface area contributed by atoms with Crippen molar-refractivity contribution < 1.29 is 0 Å². The van der Waals surface area contributed by atoms with Crippen molar-refractivity contribution in [1.82, 2.24) is 5.32 Å². The molecule has 2 atom stereocenters. The van der Waals surface area contributed by atoms with Crippen LogP contribution >= 0.6 is 23.5 Å². The smallest absolute Gasteiger partial charge is 0.0405 e. The van der Waals surface area contributed by atoms with E-state index in [0.29, 0.717) is 6.04 Å². The molecule has 0 spiro atoms. The van der Waals surface area contributed by atoms with E-state index in [1.165, 1.54) is 42.9 Å². The van der Waals surface area contributed by atoms with Gasteiger partial charge in [-0.05, 0) is 32.7 Å². The molecule has 0 saturated carbocycles. The summed E-state index contributed by atoms with van der Waals surface area (Å²) in [5, 5.41) is 4.34. The Kier molecular flexibility index (Phi) is 4.92. The fourth-order valence-corrected chi connectivity index (χ4v) is 5.38. The molecule has 2 aliphatic rings. The second-order valence-corrected chi connectivity index (χ2v) is 6.77. The van der Waals surface area contributed by atoms with Gasteiger partial charge in [-0.3, -0.25) is 0 Å². The zero-order valence-electron chi connectivity index (χ0n) is 9.50. The Morgan fingerprint density at radius 1 is 1.40 bits per heavy atom. The summed E-state index contributed by atoms with van der Waals surface area (Å²) in [5.41, 5.74) is 1.68. The van der Waals surface area contributed by atoms with E-state index < -0.39 is 0 Å². The van der Waals surface area contributed by atoms with Gasteiger partial charge in [-0.2, -0.15) is 23.5 Å². The lowest BCUT2D eigenvalue weighted by atomic mass is 9.92. The Balaban J connectivity index is 1.98. The van der Waals surface area contributed by atoms with Gasteiger partial charge in [0, 0.05) is 28.6 Å². The van der Waals surface area contributed by atoms with Crippen LogP contribution in [0.2, 0.25) is 0 Å². The van der Waals surface area contributed by atoms with Crippen molar-refractivity contribution in [2.45, 2.75) is 37.0 Å². The average Bonchev–Trinajstić information content (AvgIpc) is 2.33. The summed E-state index contributed by atoms with van der Waals surface area (Å²) < 4.78 is 0. The molecule has 86 valence electrons. The first-order chi connectivity index (χ1) is 7.42. The number of allylic oxidation sites excluding steroid dienone is 1. The standard InChI is InChI=1S/C12H21NS2/c1-13-12(10-5-3-2-4-6-10)11-9-14-7-8-15-11/h5,11-13H,2-4,6-9H2,1H3. The Labute approximate surface area is 102 Å². The van der Waals surface area contributed by atoms with Crippen LogP contribution in [0.25, 0.3) is 0 Å². The van der Waals surface area contributed by atoms with E-state index in [4.69, 9.17) is 0 Å². The fraction of sp³-hybridized carbons (Fsp3) is 0.833. The maximum absolute atomic E-state index is 3.54. The second kappa shape index (κ2) is 6.21. The molecule has 1 fully saturated rings. The zero-order valence-corrected chi connectivity index (χ0v) is 11.1. The molecule has 2 unspecified atom stereocenters. The predicted octanol–water partition coefficient (Wildman–Crippen LogP) is 2.92. The van der Waals surface area contributed by atoms with Crippen LogP contribution in [0.3, 0.4) is 0 Å². The van der Waals surface area contributed by atoms with Crippen molar-refractivity contribution in [2.75, 3.05) is 24.3 Å². The Hall–Kier alpha value is 0.400. The second-order valence-electron chi connectivity index (χ2n) is 4.28. The van der Waals surface area contributed by atoms with Gasteiger partial charge in [-0.1, -0.05) is 11.6 Å². The minimum Gasteiger partial charge on any atom is -0.312 e. The number of hydrogen-bond acceptors (Lipinski definition) is 3. The predicted molar refractivity (Wildman–Crippen MR) is 73.0 cm³/mol. The average molecular weight is 243 g/mol. The summed E-state index contributed by atoms with van der Waals surface area (Å²) in [6.45, 7) is 0. The van der Waals surface area contributed by atoms with E-state index in [1.54, 1.807) is 5.57 Å². The number of likely N-dealkylation sites (N-methyl/N-ethyl adjacent to an activating group) is 1. The van der Waals surface area contributed by atoms with Gasteiger partial charge in [0.25, 0.3) is 0 Å². The molecule has 1 N–H and O–H groups in total. The largest absolute Gasteiger partial charge is 0.312 e. The monoisotopic (exact) mass is 243 g/mol. The maximum Gasteiger partial charge on any atom is 0.0405 e. The molecule has 3 heteroatoms.